The minimum Gasteiger partial charge on any atom is -0.356 e. The number of methoxy groups -OCH3 is 2. The molecule has 2 aliphatic rings. The van der Waals surface area contributed by atoms with E-state index < -0.39 is 0 Å². The van der Waals surface area contributed by atoms with Crippen molar-refractivity contribution in [3.05, 3.63) is 0 Å². The van der Waals surface area contributed by atoms with Gasteiger partial charge in [-0.3, -0.25) is 0 Å². The van der Waals surface area contributed by atoms with Gasteiger partial charge in [-0.15, -0.1) is 0 Å². The highest BCUT2D eigenvalue weighted by molar-refractivity contribution is 4.78. The summed E-state index contributed by atoms with van der Waals surface area (Å²) < 4.78 is 10.7. The molecule has 1 atom stereocenters. The normalized spacial score (nSPS) is 27.8. The fourth-order valence-electron chi connectivity index (χ4n) is 3.33. The minimum atomic E-state index is -0.0107. The van der Waals surface area contributed by atoms with E-state index in [0.717, 1.165) is 5.92 Å². The molecule has 106 valence electrons. The third-order valence-electron chi connectivity index (χ3n) is 4.40. The molecule has 0 saturated carbocycles. The molecule has 2 rings (SSSR count). The molecule has 0 radical (unpaired) electrons. The van der Waals surface area contributed by atoms with Gasteiger partial charge in [0.15, 0.2) is 6.29 Å². The lowest BCUT2D eigenvalue weighted by Crippen LogP contribution is -2.43. The van der Waals surface area contributed by atoms with E-state index in [-0.39, 0.29) is 6.29 Å². The van der Waals surface area contributed by atoms with Crippen molar-refractivity contribution in [1.29, 1.82) is 0 Å². The van der Waals surface area contributed by atoms with Crippen LogP contribution in [0.5, 0.6) is 0 Å². The van der Waals surface area contributed by atoms with Gasteiger partial charge in [0, 0.05) is 26.7 Å². The van der Waals surface area contributed by atoms with Gasteiger partial charge in [0.1, 0.15) is 0 Å². The molecule has 2 aliphatic heterocycles. The SMILES string of the molecule is COC(OC)C1CCN(CC2CCCNC2)CC1. The van der Waals surface area contributed by atoms with E-state index in [2.05, 4.69) is 10.2 Å². The molecule has 0 amide bonds. The maximum Gasteiger partial charge on any atom is 0.159 e. The number of hydrogen-bond donors (Lipinski definition) is 1. The summed E-state index contributed by atoms with van der Waals surface area (Å²) in [5.41, 5.74) is 0. The van der Waals surface area contributed by atoms with Crippen LogP contribution in [0.3, 0.4) is 0 Å². The summed E-state index contributed by atoms with van der Waals surface area (Å²) in [7, 11) is 3.49. The number of hydrogen-bond acceptors (Lipinski definition) is 4. The maximum atomic E-state index is 5.37. The largest absolute Gasteiger partial charge is 0.356 e. The third kappa shape index (κ3) is 3.92. The lowest BCUT2D eigenvalue weighted by Gasteiger charge is -2.37. The zero-order valence-corrected chi connectivity index (χ0v) is 11.9. The van der Waals surface area contributed by atoms with Crippen LogP contribution in [0.1, 0.15) is 25.7 Å². The van der Waals surface area contributed by atoms with Gasteiger partial charge < -0.3 is 19.7 Å². The predicted octanol–water partition coefficient (Wildman–Crippen LogP) is 1.32. The van der Waals surface area contributed by atoms with E-state index in [9.17, 15) is 0 Å². The van der Waals surface area contributed by atoms with Gasteiger partial charge in [0.05, 0.1) is 0 Å². The Bertz CT molecular complexity index is 220. The summed E-state index contributed by atoms with van der Waals surface area (Å²) in [4.78, 5) is 2.62. The van der Waals surface area contributed by atoms with Gasteiger partial charge in [-0.25, -0.2) is 0 Å². The fourth-order valence-corrected chi connectivity index (χ4v) is 3.33. The smallest absolute Gasteiger partial charge is 0.159 e. The summed E-state index contributed by atoms with van der Waals surface area (Å²) >= 11 is 0. The average Bonchev–Trinajstić information content (AvgIpc) is 2.43. The fraction of sp³-hybridized carbons (Fsp3) is 1.00. The molecule has 18 heavy (non-hydrogen) atoms. The van der Waals surface area contributed by atoms with Crippen molar-refractivity contribution < 1.29 is 9.47 Å². The zero-order chi connectivity index (χ0) is 12.8. The Kier molecular flexibility index (Phi) is 5.89. The van der Waals surface area contributed by atoms with Crippen molar-refractivity contribution in [3.63, 3.8) is 0 Å². The lowest BCUT2D eigenvalue weighted by atomic mass is 9.93. The Hall–Kier alpha value is -0.160. The first kappa shape index (κ1) is 14.3. The number of nitrogens with zero attached hydrogens (tertiary/aromatic N) is 1. The molecule has 2 saturated heterocycles. The Morgan fingerprint density at radius 1 is 1.17 bits per heavy atom. The Morgan fingerprint density at radius 3 is 2.44 bits per heavy atom. The first-order valence-corrected chi connectivity index (χ1v) is 7.32. The molecule has 2 heterocycles. The lowest BCUT2D eigenvalue weighted by molar-refractivity contribution is -0.147. The number of rotatable bonds is 5. The predicted molar refractivity (Wildman–Crippen MR) is 72.6 cm³/mol. The van der Waals surface area contributed by atoms with Crippen LogP contribution in [0.15, 0.2) is 0 Å². The number of piperidine rings is 2. The highest BCUT2D eigenvalue weighted by Gasteiger charge is 2.27. The second-order valence-electron chi connectivity index (χ2n) is 5.69. The van der Waals surface area contributed by atoms with Gasteiger partial charge in [-0.05, 0) is 57.8 Å². The number of nitrogens with one attached hydrogen (secondary N) is 1. The number of likely N-dealkylation sites (tertiary alicyclic amines) is 1. The van der Waals surface area contributed by atoms with E-state index >= 15 is 0 Å². The molecule has 0 aromatic carbocycles. The topological polar surface area (TPSA) is 33.7 Å². The van der Waals surface area contributed by atoms with Crippen LogP contribution in [-0.2, 0) is 9.47 Å². The molecule has 4 heteroatoms. The van der Waals surface area contributed by atoms with Crippen molar-refractivity contribution in [1.82, 2.24) is 10.2 Å². The van der Waals surface area contributed by atoms with Gasteiger partial charge >= 0.3 is 0 Å². The van der Waals surface area contributed by atoms with E-state index in [1.807, 2.05) is 0 Å². The van der Waals surface area contributed by atoms with E-state index in [4.69, 9.17) is 9.47 Å². The van der Waals surface area contributed by atoms with Crippen molar-refractivity contribution in [2.45, 2.75) is 32.0 Å². The highest BCUT2D eigenvalue weighted by Crippen LogP contribution is 2.24. The molecule has 1 unspecified atom stereocenters. The van der Waals surface area contributed by atoms with Crippen molar-refractivity contribution in [3.8, 4) is 0 Å². The van der Waals surface area contributed by atoms with Crippen LogP contribution in [0.2, 0.25) is 0 Å². The first-order chi connectivity index (χ1) is 8.83. The Morgan fingerprint density at radius 2 is 1.89 bits per heavy atom. The van der Waals surface area contributed by atoms with Crippen LogP contribution >= 0.6 is 0 Å². The van der Waals surface area contributed by atoms with Gasteiger partial charge in [0.25, 0.3) is 0 Å². The summed E-state index contributed by atoms with van der Waals surface area (Å²) in [6.45, 7) is 6.08. The van der Waals surface area contributed by atoms with Crippen LogP contribution in [0.25, 0.3) is 0 Å². The minimum absolute atomic E-state index is 0.0107. The average molecular weight is 256 g/mol. The maximum absolute atomic E-state index is 5.37. The molecule has 0 bridgehead atoms. The highest BCUT2D eigenvalue weighted by atomic mass is 16.7. The monoisotopic (exact) mass is 256 g/mol. The van der Waals surface area contributed by atoms with Crippen LogP contribution in [0.4, 0.5) is 0 Å². The molecule has 1 N–H and O–H groups in total. The Labute approximate surface area is 111 Å². The van der Waals surface area contributed by atoms with Crippen molar-refractivity contribution >= 4 is 0 Å². The standard InChI is InChI=1S/C14H28N2O2/c1-17-14(18-2)13-5-8-16(9-6-13)11-12-4-3-7-15-10-12/h12-15H,3-11H2,1-2H3. The molecular weight excluding hydrogens is 228 g/mol. The molecule has 0 aliphatic carbocycles. The number of ether oxygens (including phenoxy) is 2. The summed E-state index contributed by atoms with van der Waals surface area (Å²) in [5.74, 6) is 1.43. The first-order valence-electron chi connectivity index (χ1n) is 7.32. The second-order valence-corrected chi connectivity index (χ2v) is 5.69. The molecule has 4 nitrogen and oxygen atoms in total. The van der Waals surface area contributed by atoms with Gasteiger partial charge in [-0.1, -0.05) is 0 Å². The van der Waals surface area contributed by atoms with Gasteiger partial charge in [0.2, 0.25) is 0 Å². The van der Waals surface area contributed by atoms with Crippen LogP contribution in [-0.4, -0.2) is 58.1 Å². The summed E-state index contributed by atoms with van der Waals surface area (Å²) in [6, 6.07) is 0. The summed E-state index contributed by atoms with van der Waals surface area (Å²) in [5, 5.41) is 3.50. The molecular formula is C14H28N2O2. The van der Waals surface area contributed by atoms with Crippen molar-refractivity contribution in [2.75, 3.05) is 46.9 Å². The van der Waals surface area contributed by atoms with E-state index in [1.165, 1.54) is 58.4 Å². The second kappa shape index (κ2) is 7.43. The quantitative estimate of drug-likeness (QED) is 0.752. The molecule has 2 fully saturated rings. The van der Waals surface area contributed by atoms with Crippen LogP contribution in [0, 0.1) is 11.8 Å². The molecule has 0 spiro atoms. The van der Waals surface area contributed by atoms with Crippen LogP contribution < -0.4 is 5.32 Å². The van der Waals surface area contributed by atoms with Gasteiger partial charge in [-0.2, -0.15) is 0 Å². The zero-order valence-electron chi connectivity index (χ0n) is 11.9. The van der Waals surface area contributed by atoms with E-state index in [0.29, 0.717) is 5.92 Å². The van der Waals surface area contributed by atoms with E-state index in [1.54, 1.807) is 14.2 Å². The molecule has 0 aromatic rings. The summed E-state index contributed by atoms with van der Waals surface area (Å²) in [6.07, 6.45) is 5.13. The third-order valence-corrected chi connectivity index (χ3v) is 4.40. The Balaban J connectivity index is 1.69. The van der Waals surface area contributed by atoms with Crippen molar-refractivity contribution in [2.24, 2.45) is 11.8 Å². The molecule has 0 aromatic heterocycles.